The van der Waals surface area contributed by atoms with E-state index < -0.39 is 0 Å². The summed E-state index contributed by atoms with van der Waals surface area (Å²) in [5.41, 5.74) is 3.33. The van der Waals surface area contributed by atoms with Gasteiger partial charge in [-0.15, -0.1) is 0 Å². The van der Waals surface area contributed by atoms with Crippen LogP contribution in [0.25, 0.3) is 11.0 Å². The van der Waals surface area contributed by atoms with Gasteiger partial charge in [0.1, 0.15) is 6.54 Å². The maximum Gasteiger partial charge on any atom is 0.249 e. The van der Waals surface area contributed by atoms with E-state index in [2.05, 4.69) is 41.9 Å². The van der Waals surface area contributed by atoms with Gasteiger partial charge < -0.3 is 9.80 Å². The van der Waals surface area contributed by atoms with E-state index in [4.69, 9.17) is 0 Å². The summed E-state index contributed by atoms with van der Waals surface area (Å²) in [6.45, 7) is 7.08. The molecule has 0 N–H and O–H groups in total. The number of rotatable bonds is 2. The Labute approximate surface area is 153 Å². The van der Waals surface area contributed by atoms with Gasteiger partial charge in [0.05, 0.1) is 22.6 Å². The number of benzene rings is 1. The number of aromatic nitrogens is 3. The number of fused-ring (bicyclic) bond motifs is 2. The maximum absolute atomic E-state index is 13.3. The summed E-state index contributed by atoms with van der Waals surface area (Å²) in [6, 6.07) is 11.9. The second-order valence-electron chi connectivity index (χ2n) is 7.50. The summed E-state index contributed by atoms with van der Waals surface area (Å²) in [6.07, 6.45) is 1.74. The van der Waals surface area contributed by atoms with Crippen LogP contribution >= 0.6 is 0 Å². The average molecular weight is 349 g/mol. The molecule has 0 radical (unpaired) electrons. The number of amides is 1. The zero-order valence-electron chi connectivity index (χ0n) is 15.6. The van der Waals surface area contributed by atoms with Crippen molar-refractivity contribution < 1.29 is 4.79 Å². The van der Waals surface area contributed by atoms with Crippen LogP contribution in [0.1, 0.15) is 19.5 Å². The van der Waals surface area contributed by atoms with E-state index in [0.717, 1.165) is 34.6 Å². The number of para-hydroxylation sites is 2. The first-order chi connectivity index (χ1) is 12.4. The first-order valence-corrected chi connectivity index (χ1v) is 8.80. The Hall–Kier alpha value is -2.89. The highest BCUT2D eigenvalue weighted by Gasteiger charge is 2.39. The topological polar surface area (TPSA) is 54.3 Å². The van der Waals surface area contributed by atoms with E-state index in [-0.39, 0.29) is 18.0 Å². The van der Waals surface area contributed by atoms with Gasteiger partial charge in [0.25, 0.3) is 0 Å². The van der Waals surface area contributed by atoms with Crippen molar-refractivity contribution in [3.05, 3.63) is 48.3 Å². The van der Waals surface area contributed by atoms with Crippen molar-refractivity contribution in [2.45, 2.75) is 32.9 Å². The molecule has 0 unspecified atom stereocenters. The van der Waals surface area contributed by atoms with E-state index in [9.17, 15) is 4.79 Å². The van der Waals surface area contributed by atoms with Crippen molar-refractivity contribution in [2.24, 2.45) is 0 Å². The van der Waals surface area contributed by atoms with Gasteiger partial charge in [-0.2, -0.15) is 5.10 Å². The molecule has 1 aliphatic heterocycles. The van der Waals surface area contributed by atoms with E-state index in [1.54, 1.807) is 10.9 Å². The Balaban J connectivity index is 1.74. The number of pyridine rings is 1. The van der Waals surface area contributed by atoms with Gasteiger partial charge in [-0.05, 0) is 45.0 Å². The number of likely N-dealkylation sites (N-methyl/N-ethyl adjacent to an activating group) is 1. The summed E-state index contributed by atoms with van der Waals surface area (Å²) in [7, 11) is 2.07. The van der Waals surface area contributed by atoms with Crippen molar-refractivity contribution in [1.82, 2.24) is 14.8 Å². The highest BCUT2D eigenvalue weighted by molar-refractivity contribution is 5.99. The number of hydrogen-bond acceptors (Lipinski definition) is 4. The molecule has 0 bridgehead atoms. The fourth-order valence-corrected chi connectivity index (χ4v) is 3.99. The van der Waals surface area contributed by atoms with Gasteiger partial charge in [0, 0.05) is 25.2 Å². The van der Waals surface area contributed by atoms with Crippen molar-refractivity contribution in [1.29, 1.82) is 0 Å². The molecule has 3 aromatic rings. The molecule has 1 amide bonds. The lowest BCUT2D eigenvalue weighted by Gasteiger charge is -2.47. The predicted octanol–water partition coefficient (Wildman–Crippen LogP) is 3.00. The van der Waals surface area contributed by atoms with Crippen LogP contribution in [0.5, 0.6) is 0 Å². The van der Waals surface area contributed by atoms with Gasteiger partial charge in [0.15, 0.2) is 5.65 Å². The fourth-order valence-electron chi connectivity index (χ4n) is 3.99. The highest BCUT2D eigenvalue weighted by atomic mass is 16.2. The van der Waals surface area contributed by atoms with Crippen LogP contribution < -0.4 is 9.80 Å². The first-order valence-electron chi connectivity index (χ1n) is 8.80. The van der Waals surface area contributed by atoms with Crippen molar-refractivity contribution in [3.8, 4) is 0 Å². The summed E-state index contributed by atoms with van der Waals surface area (Å²) in [5, 5.41) is 5.52. The molecule has 0 atom stereocenters. The third-order valence-corrected chi connectivity index (χ3v) is 4.99. The second kappa shape index (κ2) is 5.83. The molecule has 0 fully saturated rings. The molecule has 4 rings (SSSR count). The SMILES string of the molecule is Cc1nn(CC(=O)N2c3ccccc3N(C)CC2(C)C)c2ncccc12. The van der Waals surface area contributed by atoms with Crippen LogP contribution in [0.15, 0.2) is 42.6 Å². The molecule has 3 heterocycles. The van der Waals surface area contributed by atoms with Crippen LogP contribution in [-0.2, 0) is 11.3 Å². The molecule has 0 spiro atoms. The molecule has 26 heavy (non-hydrogen) atoms. The normalized spacial score (nSPS) is 16.0. The minimum absolute atomic E-state index is 0.0191. The molecule has 1 aromatic carbocycles. The summed E-state index contributed by atoms with van der Waals surface area (Å²) < 4.78 is 1.71. The number of nitrogens with zero attached hydrogens (tertiary/aromatic N) is 5. The predicted molar refractivity (Wildman–Crippen MR) is 104 cm³/mol. The molecule has 6 nitrogen and oxygen atoms in total. The van der Waals surface area contributed by atoms with Gasteiger partial charge in [-0.25, -0.2) is 9.67 Å². The van der Waals surface area contributed by atoms with Crippen LogP contribution in [-0.4, -0.2) is 39.8 Å². The number of carbonyl (C=O) groups is 1. The number of anilines is 2. The first kappa shape index (κ1) is 16.6. The number of aryl methyl sites for hydroxylation is 1. The molecular formula is C20H23N5O. The Morgan fingerprint density at radius 3 is 2.65 bits per heavy atom. The monoisotopic (exact) mass is 349 g/mol. The zero-order chi connectivity index (χ0) is 18.5. The van der Waals surface area contributed by atoms with Crippen LogP contribution in [0.3, 0.4) is 0 Å². The lowest BCUT2D eigenvalue weighted by molar-refractivity contribution is -0.120. The Bertz CT molecular complexity index is 991. The van der Waals surface area contributed by atoms with Gasteiger partial charge >= 0.3 is 0 Å². The largest absolute Gasteiger partial charge is 0.371 e. The Kier molecular flexibility index (Phi) is 3.72. The third kappa shape index (κ3) is 2.53. The van der Waals surface area contributed by atoms with Crippen LogP contribution in [0.4, 0.5) is 11.4 Å². The Morgan fingerprint density at radius 2 is 1.88 bits per heavy atom. The van der Waals surface area contributed by atoms with E-state index in [1.807, 2.05) is 42.2 Å². The van der Waals surface area contributed by atoms with E-state index in [0.29, 0.717) is 0 Å². The molecular weight excluding hydrogens is 326 g/mol. The standard InChI is InChI=1S/C20H23N5O/c1-14-15-8-7-11-21-19(15)24(22-14)12-18(26)25-17-10-6-5-9-16(17)23(4)13-20(25,2)3/h5-11H,12-13H2,1-4H3. The lowest BCUT2D eigenvalue weighted by atomic mass is 9.96. The summed E-state index contributed by atoms with van der Waals surface area (Å²) >= 11 is 0. The van der Waals surface area contributed by atoms with Crippen LogP contribution in [0, 0.1) is 6.92 Å². The van der Waals surface area contributed by atoms with E-state index in [1.165, 1.54) is 0 Å². The van der Waals surface area contributed by atoms with Crippen molar-refractivity contribution >= 4 is 28.3 Å². The molecule has 0 saturated heterocycles. The summed E-state index contributed by atoms with van der Waals surface area (Å²) in [4.78, 5) is 21.9. The molecule has 6 heteroatoms. The van der Waals surface area contributed by atoms with Gasteiger partial charge in [0.2, 0.25) is 5.91 Å². The average Bonchev–Trinajstić information content (AvgIpc) is 2.90. The maximum atomic E-state index is 13.3. The molecule has 2 aromatic heterocycles. The lowest BCUT2D eigenvalue weighted by Crippen LogP contribution is -2.58. The molecule has 0 saturated carbocycles. The number of hydrogen-bond donors (Lipinski definition) is 0. The Morgan fingerprint density at radius 1 is 1.15 bits per heavy atom. The third-order valence-electron chi connectivity index (χ3n) is 4.99. The quantitative estimate of drug-likeness (QED) is 0.714. The molecule has 1 aliphatic rings. The van der Waals surface area contributed by atoms with E-state index >= 15 is 0 Å². The van der Waals surface area contributed by atoms with Crippen molar-refractivity contribution in [2.75, 3.05) is 23.4 Å². The van der Waals surface area contributed by atoms with Gasteiger partial charge in [-0.1, -0.05) is 12.1 Å². The highest BCUT2D eigenvalue weighted by Crippen LogP contribution is 2.39. The zero-order valence-corrected chi connectivity index (χ0v) is 15.6. The fraction of sp³-hybridized carbons (Fsp3) is 0.350. The minimum Gasteiger partial charge on any atom is -0.371 e. The molecule has 134 valence electrons. The summed E-state index contributed by atoms with van der Waals surface area (Å²) in [5.74, 6) is 0.0191. The minimum atomic E-state index is -0.314. The number of carbonyl (C=O) groups excluding carboxylic acids is 1. The smallest absolute Gasteiger partial charge is 0.249 e. The van der Waals surface area contributed by atoms with Gasteiger partial charge in [-0.3, -0.25) is 4.79 Å². The molecule has 0 aliphatic carbocycles. The van der Waals surface area contributed by atoms with Crippen molar-refractivity contribution in [3.63, 3.8) is 0 Å². The van der Waals surface area contributed by atoms with Crippen LogP contribution in [0.2, 0.25) is 0 Å². The second-order valence-corrected chi connectivity index (χ2v) is 7.50.